The van der Waals surface area contributed by atoms with Gasteiger partial charge in [0, 0.05) is 18.8 Å². The van der Waals surface area contributed by atoms with Gasteiger partial charge in [-0.1, -0.05) is 12.1 Å². The molecule has 0 spiro atoms. The van der Waals surface area contributed by atoms with E-state index in [0.29, 0.717) is 6.54 Å². The summed E-state index contributed by atoms with van der Waals surface area (Å²) in [5.41, 5.74) is 9.82. The Hall–Kier alpha value is -1.32. The molecule has 3 heteroatoms. The van der Waals surface area contributed by atoms with E-state index in [2.05, 4.69) is 59.8 Å². The summed E-state index contributed by atoms with van der Waals surface area (Å²) in [5, 5.41) is 4.30. The van der Waals surface area contributed by atoms with Crippen molar-refractivity contribution < 1.29 is 0 Å². The normalized spacial score (nSPS) is 12.4. The van der Waals surface area contributed by atoms with Crippen LogP contribution in [0.1, 0.15) is 24.1 Å². The fraction of sp³-hybridized carbons (Fsp3) is 0.333. The van der Waals surface area contributed by atoms with Crippen molar-refractivity contribution in [3.05, 3.63) is 52.2 Å². The zero-order chi connectivity index (χ0) is 13.0. The van der Waals surface area contributed by atoms with Gasteiger partial charge in [0.2, 0.25) is 0 Å². The van der Waals surface area contributed by atoms with Gasteiger partial charge >= 0.3 is 0 Å². The van der Waals surface area contributed by atoms with Crippen LogP contribution in [0.4, 0.5) is 5.69 Å². The van der Waals surface area contributed by atoms with Gasteiger partial charge in [0.05, 0.1) is 6.04 Å². The van der Waals surface area contributed by atoms with E-state index in [1.165, 1.54) is 16.8 Å². The van der Waals surface area contributed by atoms with E-state index in [0.717, 1.165) is 6.54 Å². The molecule has 1 aromatic carbocycles. The molecule has 2 rings (SSSR count). The lowest BCUT2D eigenvalue weighted by atomic mass is 10.1. The second-order valence-electron chi connectivity index (χ2n) is 4.43. The van der Waals surface area contributed by atoms with Crippen LogP contribution in [0.25, 0.3) is 0 Å². The highest BCUT2D eigenvalue weighted by atomic mass is 32.1. The monoisotopic (exact) mass is 260 g/mol. The number of aryl methyl sites for hydroxylation is 1. The van der Waals surface area contributed by atoms with E-state index in [1.807, 2.05) is 0 Å². The highest BCUT2D eigenvalue weighted by Gasteiger charge is 2.18. The van der Waals surface area contributed by atoms with Crippen LogP contribution >= 0.6 is 11.3 Å². The molecule has 1 atom stereocenters. The summed E-state index contributed by atoms with van der Waals surface area (Å²) >= 11 is 1.73. The van der Waals surface area contributed by atoms with Gasteiger partial charge in [0.15, 0.2) is 0 Å². The Morgan fingerprint density at radius 1 is 1.33 bits per heavy atom. The molecule has 0 fully saturated rings. The van der Waals surface area contributed by atoms with Crippen LogP contribution in [0.15, 0.2) is 41.1 Å². The van der Waals surface area contributed by atoms with Crippen LogP contribution in [-0.4, -0.2) is 13.1 Å². The largest absolute Gasteiger partial charge is 0.363 e. The molecule has 0 bridgehead atoms. The number of benzene rings is 1. The average Bonchev–Trinajstić information content (AvgIpc) is 2.89. The van der Waals surface area contributed by atoms with Gasteiger partial charge in [0.25, 0.3) is 0 Å². The number of nitrogens with two attached hydrogens (primary N) is 1. The maximum Gasteiger partial charge on any atom is 0.0672 e. The number of hydrogen-bond donors (Lipinski definition) is 1. The first kappa shape index (κ1) is 13.1. The molecule has 0 radical (unpaired) electrons. The second-order valence-corrected chi connectivity index (χ2v) is 5.21. The molecule has 1 unspecified atom stereocenters. The van der Waals surface area contributed by atoms with Gasteiger partial charge in [-0.25, -0.2) is 0 Å². The molecule has 0 saturated carbocycles. The Balaban J connectivity index is 2.32. The Kier molecular flexibility index (Phi) is 4.39. The van der Waals surface area contributed by atoms with Gasteiger partial charge in [-0.05, 0) is 53.9 Å². The lowest BCUT2D eigenvalue weighted by Gasteiger charge is -2.32. The molecule has 2 aromatic rings. The molecule has 2 N–H and O–H groups in total. The number of likely N-dealkylation sites (N-methyl/N-ethyl adjacent to an activating group) is 1. The molecule has 0 saturated heterocycles. The number of hydrogen-bond acceptors (Lipinski definition) is 3. The van der Waals surface area contributed by atoms with Crippen molar-refractivity contribution in [3.63, 3.8) is 0 Å². The molecule has 0 amide bonds. The van der Waals surface area contributed by atoms with E-state index in [9.17, 15) is 0 Å². The predicted octanol–water partition coefficient (Wildman–Crippen LogP) is 3.58. The first-order chi connectivity index (χ1) is 8.76. The summed E-state index contributed by atoms with van der Waals surface area (Å²) in [6.07, 6.45) is 0. The zero-order valence-electron chi connectivity index (χ0n) is 11.0. The van der Waals surface area contributed by atoms with Crippen LogP contribution in [-0.2, 0) is 0 Å². The molecular formula is C15H20N2S. The van der Waals surface area contributed by atoms with Crippen LogP contribution in [0.2, 0.25) is 0 Å². The van der Waals surface area contributed by atoms with Crippen LogP contribution in [0.5, 0.6) is 0 Å². The molecule has 18 heavy (non-hydrogen) atoms. The number of thiophene rings is 1. The highest BCUT2D eigenvalue weighted by molar-refractivity contribution is 7.08. The van der Waals surface area contributed by atoms with Crippen LogP contribution in [0.3, 0.4) is 0 Å². The van der Waals surface area contributed by atoms with E-state index in [-0.39, 0.29) is 6.04 Å². The lowest BCUT2D eigenvalue weighted by Crippen LogP contribution is -2.33. The van der Waals surface area contributed by atoms with Crippen molar-refractivity contribution in [1.29, 1.82) is 0 Å². The van der Waals surface area contributed by atoms with Crippen molar-refractivity contribution in [3.8, 4) is 0 Å². The fourth-order valence-corrected chi connectivity index (χ4v) is 3.00. The molecule has 1 aromatic heterocycles. The minimum atomic E-state index is 0.267. The van der Waals surface area contributed by atoms with Gasteiger partial charge in [-0.15, -0.1) is 0 Å². The maximum atomic E-state index is 5.98. The van der Waals surface area contributed by atoms with E-state index >= 15 is 0 Å². The predicted molar refractivity (Wildman–Crippen MR) is 80.3 cm³/mol. The van der Waals surface area contributed by atoms with Gasteiger partial charge in [-0.3, -0.25) is 0 Å². The lowest BCUT2D eigenvalue weighted by molar-refractivity contribution is 0.645. The number of rotatable bonds is 5. The Morgan fingerprint density at radius 3 is 2.72 bits per heavy atom. The van der Waals surface area contributed by atoms with Gasteiger partial charge in [0.1, 0.15) is 0 Å². The summed E-state index contributed by atoms with van der Waals surface area (Å²) in [6.45, 7) is 5.90. The van der Waals surface area contributed by atoms with E-state index in [4.69, 9.17) is 5.73 Å². The quantitative estimate of drug-likeness (QED) is 0.890. The van der Waals surface area contributed by atoms with Crippen molar-refractivity contribution in [2.45, 2.75) is 19.9 Å². The van der Waals surface area contributed by atoms with E-state index < -0.39 is 0 Å². The summed E-state index contributed by atoms with van der Waals surface area (Å²) in [4.78, 5) is 2.37. The molecule has 0 aliphatic rings. The van der Waals surface area contributed by atoms with Gasteiger partial charge in [-0.2, -0.15) is 11.3 Å². The number of anilines is 1. The third kappa shape index (κ3) is 2.74. The summed E-state index contributed by atoms with van der Waals surface area (Å²) in [7, 11) is 0. The Bertz CT molecular complexity index is 479. The number of nitrogens with zero attached hydrogens (tertiary/aromatic N) is 1. The van der Waals surface area contributed by atoms with Crippen molar-refractivity contribution in [2.75, 3.05) is 18.0 Å². The zero-order valence-corrected chi connectivity index (χ0v) is 11.8. The SMILES string of the molecule is CCN(c1cccc(C)c1)C(CN)c1ccsc1. The summed E-state index contributed by atoms with van der Waals surface area (Å²) in [6, 6.07) is 11.0. The maximum absolute atomic E-state index is 5.98. The fourth-order valence-electron chi connectivity index (χ4n) is 2.30. The third-order valence-electron chi connectivity index (χ3n) is 3.20. The van der Waals surface area contributed by atoms with E-state index in [1.54, 1.807) is 11.3 Å². The summed E-state index contributed by atoms with van der Waals surface area (Å²) in [5.74, 6) is 0. The Labute approximate surface area is 113 Å². The third-order valence-corrected chi connectivity index (χ3v) is 3.90. The van der Waals surface area contributed by atoms with Crippen molar-refractivity contribution in [1.82, 2.24) is 0 Å². The topological polar surface area (TPSA) is 29.3 Å². The van der Waals surface area contributed by atoms with Crippen molar-refractivity contribution in [2.24, 2.45) is 5.73 Å². The standard InChI is InChI=1S/C15H20N2S/c1-3-17(14-6-4-5-12(2)9-14)15(10-16)13-7-8-18-11-13/h4-9,11,15H,3,10,16H2,1-2H3. The molecule has 0 aliphatic carbocycles. The minimum absolute atomic E-state index is 0.267. The molecule has 96 valence electrons. The summed E-state index contributed by atoms with van der Waals surface area (Å²) < 4.78 is 0. The molecule has 0 aliphatic heterocycles. The highest BCUT2D eigenvalue weighted by Crippen LogP contribution is 2.28. The molecule has 2 nitrogen and oxygen atoms in total. The minimum Gasteiger partial charge on any atom is -0.363 e. The first-order valence-electron chi connectivity index (χ1n) is 6.31. The second kappa shape index (κ2) is 6.03. The van der Waals surface area contributed by atoms with Crippen molar-refractivity contribution >= 4 is 17.0 Å². The average molecular weight is 260 g/mol. The molecular weight excluding hydrogens is 240 g/mol. The van der Waals surface area contributed by atoms with Gasteiger partial charge < -0.3 is 10.6 Å². The van der Waals surface area contributed by atoms with Crippen LogP contribution < -0.4 is 10.6 Å². The van der Waals surface area contributed by atoms with Crippen LogP contribution in [0, 0.1) is 6.92 Å². The molecule has 1 heterocycles. The first-order valence-corrected chi connectivity index (χ1v) is 7.26. The Morgan fingerprint density at radius 2 is 2.17 bits per heavy atom. The smallest absolute Gasteiger partial charge is 0.0672 e.